The number of likely N-dealkylation sites (tertiary alicyclic amines) is 1. The molecule has 2 fully saturated rings. The highest BCUT2D eigenvalue weighted by molar-refractivity contribution is 5.97. The molecule has 34 heavy (non-hydrogen) atoms. The van der Waals surface area contributed by atoms with Crippen molar-refractivity contribution >= 4 is 23.3 Å². The fraction of sp³-hybridized carbons (Fsp3) is 0.308. The molecule has 8 heteroatoms. The molecule has 1 aromatic heterocycles. The number of rotatable bonds is 5. The van der Waals surface area contributed by atoms with Crippen LogP contribution in [0.1, 0.15) is 34.7 Å². The van der Waals surface area contributed by atoms with Gasteiger partial charge in [-0.25, -0.2) is 0 Å². The molecule has 2 saturated heterocycles. The molecule has 0 saturated carbocycles. The molecule has 0 atom stereocenters. The van der Waals surface area contributed by atoms with E-state index in [2.05, 4.69) is 27.6 Å². The van der Waals surface area contributed by atoms with Gasteiger partial charge < -0.3 is 20.2 Å². The van der Waals surface area contributed by atoms with Gasteiger partial charge in [-0.05, 0) is 60.7 Å². The number of nitrogens with zero attached hydrogens (tertiary/aromatic N) is 4. The Morgan fingerprint density at radius 2 is 1.68 bits per heavy atom. The summed E-state index contributed by atoms with van der Waals surface area (Å²) in [4.78, 5) is 29.1. The quantitative estimate of drug-likeness (QED) is 0.610. The van der Waals surface area contributed by atoms with E-state index < -0.39 is 0 Å². The smallest absolute Gasteiger partial charge is 0.257 e. The highest BCUT2D eigenvalue weighted by Crippen LogP contribution is 2.31. The number of carbonyl (C=O) groups excluding carboxylic acids is 2. The van der Waals surface area contributed by atoms with E-state index in [0.717, 1.165) is 24.3 Å². The number of benzene rings is 2. The molecule has 0 bridgehead atoms. The fourth-order valence-electron chi connectivity index (χ4n) is 4.62. The third kappa shape index (κ3) is 4.57. The van der Waals surface area contributed by atoms with E-state index in [1.165, 1.54) is 5.56 Å². The van der Waals surface area contributed by atoms with Crippen LogP contribution in [0.3, 0.4) is 0 Å². The first-order valence-electron chi connectivity index (χ1n) is 11.6. The van der Waals surface area contributed by atoms with Crippen molar-refractivity contribution in [2.45, 2.75) is 18.8 Å². The van der Waals surface area contributed by atoms with E-state index in [1.807, 2.05) is 34.1 Å². The zero-order valence-corrected chi connectivity index (χ0v) is 18.8. The number of phenols is 1. The third-order valence-electron chi connectivity index (χ3n) is 6.70. The minimum Gasteiger partial charge on any atom is -0.507 e. The second kappa shape index (κ2) is 9.51. The van der Waals surface area contributed by atoms with Gasteiger partial charge in [0.1, 0.15) is 5.75 Å². The molecule has 3 aromatic rings. The standard InChI is InChI=1S/C26H27N5O3/c32-23-5-2-1-4-22(23)26(34)30-14-11-19(12-15-30)18-7-9-21(10-8-18)28-25(33)20-16-31(17-20)24-6-3-13-27-29-24/h1-10,13,19-20,32H,11-12,14-17H2,(H,28,33). The number of hydrogen-bond acceptors (Lipinski definition) is 6. The second-order valence-corrected chi connectivity index (χ2v) is 8.88. The molecular formula is C26H27N5O3. The summed E-state index contributed by atoms with van der Waals surface area (Å²) in [7, 11) is 0. The molecule has 8 nitrogen and oxygen atoms in total. The normalized spacial score (nSPS) is 16.7. The van der Waals surface area contributed by atoms with E-state index in [0.29, 0.717) is 37.7 Å². The zero-order chi connectivity index (χ0) is 23.5. The van der Waals surface area contributed by atoms with Crippen LogP contribution in [0.15, 0.2) is 66.9 Å². The van der Waals surface area contributed by atoms with Gasteiger partial charge >= 0.3 is 0 Å². The topological polar surface area (TPSA) is 98.7 Å². The van der Waals surface area contributed by atoms with Crippen LogP contribution in [0.5, 0.6) is 5.75 Å². The lowest BCUT2D eigenvalue weighted by Crippen LogP contribution is -2.52. The Balaban J connectivity index is 1.11. The maximum atomic E-state index is 12.7. The molecule has 0 unspecified atom stereocenters. The van der Waals surface area contributed by atoms with E-state index in [1.54, 1.807) is 30.5 Å². The Morgan fingerprint density at radius 1 is 0.941 bits per heavy atom. The predicted molar refractivity (Wildman–Crippen MR) is 129 cm³/mol. The van der Waals surface area contributed by atoms with Gasteiger partial charge in [0.05, 0.1) is 11.5 Å². The highest BCUT2D eigenvalue weighted by atomic mass is 16.3. The number of anilines is 2. The first-order valence-corrected chi connectivity index (χ1v) is 11.6. The van der Waals surface area contributed by atoms with Crippen molar-refractivity contribution in [3.05, 3.63) is 78.0 Å². The van der Waals surface area contributed by atoms with Gasteiger partial charge in [-0.15, -0.1) is 5.10 Å². The van der Waals surface area contributed by atoms with E-state index in [4.69, 9.17) is 0 Å². The van der Waals surface area contributed by atoms with Crippen molar-refractivity contribution in [1.29, 1.82) is 0 Å². The summed E-state index contributed by atoms with van der Waals surface area (Å²) >= 11 is 0. The Labute approximate surface area is 198 Å². The van der Waals surface area contributed by atoms with Crippen molar-refractivity contribution in [1.82, 2.24) is 15.1 Å². The van der Waals surface area contributed by atoms with Gasteiger partial charge in [-0.3, -0.25) is 9.59 Å². The Hall–Kier alpha value is -3.94. The first kappa shape index (κ1) is 21.9. The van der Waals surface area contributed by atoms with Crippen LogP contribution in [-0.2, 0) is 4.79 Å². The van der Waals surface area contributed by atoms with Crippen LogP contribution in [0, 0.1) is 5.92 Å². The van der Waals surface area contributed by atoms with Crippen LogP contribution in [0.4, 0.5) is 11.5 Å². The Kier molecular flexibility index (Phi) is 6.12. The number of aromatic hydroxyl groups is 1. The molecule has 0 radical (unpaired) electrons. The molecule has 2 aromatic carbocycles. The summed E-state index contributed by atoms with van der Waals surface area (Å²) in [6.07, 6.45) is 3.37. The zero-order valence-electron chi connectivity index (χ0n) is 18.8. The Bertz CT molecular complexity index is 1150. The molecule has 2 aliphatic heterocycles. The van der Waals surface area contributed by atoms with E-state index in [9.17, 15) is 14.7 Å². The molecule has 2 aliphatic rings. The van der Waals surface area contributed by atoms with Crippen LogP contribution >= 0.6 is 0 Å². The van der Waals surface area contributed by atoms with Crippen LogP contribution in [0.25, 0.3) is 0 Å². The number of amides is 2. The Morgan fingerprint density at radius 3 is 2.35 bits per heavy atom. The van der Waals surface area contributed by atoms with Gasteiger partial charge in [0.2, 0.25) is 5.91 Å². The highest BCUT2D eigenvalue weighted by Gasteiger charge is 2.33. The monoisotopic (exact) mass is 457 g/mol. The van der Waals surface area contributed by atoms with Crippen molar-refractivity contribution < 1.29 is 14.7 Å². The molecule has 174 valence electrons. The third-order valence-corrected chi connectivity index (χ3v) is 6.70. The lowest BCUT2D eigenvalue weighted by atomic mass is 9.89. The summed E-state index contributed by atoms with van der Waals surface area (Å²) in [6, 6.07) is 18.4. The largest absolute Gasteiger partial charge is 0.507 e. The van der Waals surface area contributed by atoms with Gasteiger partial charge in [0.15, 0.2) is 5.82 Å². The van der Waals surface area contributed by atoms with Crippen molar-refractivity contribution in [3.63, 3.8) is 0 Å². The minimum absolute atomic E-state index is 0.0175. The lowest BCUT2D eigenvalue weighted by Gasteiger charge is -2.38. The average molecular weight is 458 g/mol. The number of carbonyl (C=O) groups is 2. The summed E-state index contributed by atoms with van der Waals surface area (Å²) in [5.74, 6) is 1.02. The van der Waals surface area contributed by atoms with Crippen LogP contribution < -0.4 is 10.2 Å². The van der Waals surface area contributed by atoms with Crippen molar-refractivity contribution in [2.24, 2.45) is 5.92 Å². The van der Waals surface area contributed by atoms with E-state index >= 15 is 0 Å². The predicted octanol–water partition coefficient (Wildman–Crippen LogP) is 3.28. The number of aromatic nitrogens is 2. The number of hydrogen-bond donors (Lipinski definition) is 2. The summed E-state index contributed by atoms with van der Waals surface area (Å²) < 4.78 is 0. The minimum atomic E-state index is -0.122. The molecule has 0 spiro atoms. The SMILES string of the molecule is O=C(Nc1ccc(C2CCN(C(=O)c3ccccc3O)CC2)cc1)C1CN(c2cccnn2)C1. The fourth-order valence-corrected chi connectivity index (χ4v) is 4.62. The molecule has 3 heterocycles. The van der Waals surface area contributed by atoms with Gasteiger partial charge in [-0.2, -0.15) is 5.10 Å². The van der Waals surface area contributed by atoms with Gasteiger partial charge in [-0.1, -0.05) is 24.3 Å². The van der Waals surface area contributed by atoms with Crippen LogP contribution in [0.2, 0.25) is 0 Å². The summed E-state index contributed by atoms with van der Waals surface area (Å²) in [5.41, 5.74) is 2.36. The van der Waals surface area contributed by atoms with E-state index in [-0.39, 0.29) is 23.5 Å². The maximum Gasteiger partial charge on any atom is 0.257 e. The number of piperidine rings is 1. The molecular weight excluding hydrogens is 430 g/mol. The van der Waals surface area contributed by atoms with Crippen LogP contribution in [-0.4, -0.2) is 58.2 Å². The first-order chi connectivity index (χ1) is 16.6. The summed E-state index contributed by atoms with van der Waals surface area (Å²) in [6.45, 7) is 2.59. The number of para-hydroxylation sites is 1. The van der Waals surface area contributed by atoms with Crippen molar-refractivity contribution in [3.8, 4) is 5.75 Å². The molecule has 5 rings (SSSR count). The average Bonchev–Trinajstić information content (AvgIpc) is 2.84. The second-order valence-electron chi connectivity index (χ2n) is 8.88. The van der Waals surface area contributed by atoms with Gasteiger partial charge in [0, 0.05) is 38.1 Å². The molecule has 2 N–H and O–H groups in total. The van der Waals surface area contributed by atoms with Crippen molar-refractivity contribution in [2.75, 3.05) is 36.4 Å². The molecule has 2 amide bonds. The number of phenolic OH excluding ortho intramolecular Hbond substituents is 1. The van der Waals surface area contributed by atoms with Gasteiger partial charge in [0.25, 0.3) is 5.91 Å². The molecule has 0 aliphatic carbocycles. The lowest BCUT2D eigenvalue weighted by molar-refractivity contribution is -0.120. The summed E-state index contributed by atoms with van der Waals surface area (Å²) in [5, 5.41) is 20.9. The number of nitrogens with one attached hydrogen (secondary N) is 1. The maximum absolute atomic E-state index is 12.7.